The maximum absolute atomic E-state index is 11.4. The molecule has 1 aromatic rings. The highest BCUT2D eigenvalue weighted by molar-refractivity contribution is 5.95. The Balaban J connectivity index is 2.00. The zero-order valence-corrected chi connectivity index (χ0v) is 8.64. The zero-order chi connectivity index (χ0) is 11.7. The van der Waals surface area contributed by atoms with Crippen LogP contribution in [-0.2, 0) is 11.3 Å². The first kappa shape index (κ1) is 10.5. The number of anilines is 1. The minimum atomic E-state index is -0.696. The molecule has 0 unspecified atom stereocenters. The molecule has 2 amide bonds. The molecule has 1 aliphatic carbocycles. The van der Waals surface area contributed by atoms with Gasteiger partial charge < -0.3 is 16.8 Å². The highest BCUT2D eigenvalue weighted by atomic mass is 16.2. The van der Waals surface area contributed by atoms with Gasteiger partial charge in [0.1, 0.15) is 6.54 Å². The Labute approximate surface area is 91.8 Å². The largest absolute Gasteiger partial charge is 0.396 e. The molecule has 1 aliphatic rings. The summed E-state index contributed by atoms with van der Waals surface area (Å²) in [7, 11) is 0. The maximum atomic E-state index is 11.4. The summed E-state index contributed by atoms with van der Waals surface area (Å²) in [4.78, 5) is 22.3. The van der Waals surface area contributed by atoms with E-state index in [0.29, 0.717) is 6.04 Å². The van der Waals surface area contributed by atoms with Crippen LogP contribution in [0.4, 0.5) is 5.69 Å². The van der Waals surface area contributed by atoms with Gasteiger partial charge in [0.05, 0.1) is 5.69 Å². The monoisotopic (exact) mass is 223 g/mol. The SMILES string of the molecule is NC(=O)c1nn(CC(=O)NC2CC2)cc1N. The van der Waals surface area contributed by atoms with E-state index >= 15 is 0 Å². The van der Waals surface area contributed by atoms with Crippen LogP contribution in [-0.4, -0.2) is 27.6 Å². The molecule has 1 fully saturated rings. The number of nitrogens with two attached hydrogens (primary N) is 2. The smallest absolute Gasteiger partial charge is 0.271 e. The van der Waals surface area contributed by atoms with Crippen molar-refractivity contribution in [1.82, 2.24) is 15.1 Å². The number of nitrogen functional groups attached to an aromatic ring is 1. The Kier molecular flexibility index (Phi) is 2.51. The van der Waals surface area contributed by atoms with Crippen molar-refractivity contribution in [3.05, 3.63) is 11.9 Å². The molecule has 1 aromatic heterocycles. The van der Waals surface area contributed by atoms with Crippen LogP contribution in [0.1, 0.15) is 23.3 Å². The second-order valence-electron chi connectivity index (χ2n) is 3.84. The molecule has 0 spiro atoms. The van der Waals surface area contributed by atoms with Gasteiger partial charge in [0.15, 0.2) is 5.69 Å². The summed E-state index contributed by atoms with van der Waals surface area (Å²) in [6, 6.07) is 0.302. The van der Waals surface area contributed by atoms with Gasteiger partial charge in [-0.05, 0) is 12.8 Å². The molecule has 0 radical (unpaired) electrons. The van der Waals surface area contributed by atoms with Crippen LogP contribution in [0.15, 0.2) is 6.20 Å². The molecular formula is C9H13N5O2. The van der Waals surface area contributed by atoms with Crippen molar-refractivity contribution in [2.24, 2.45) is 5.73 Å². The number of carbonyl (C=O) groups excluding carboxylic acids is 2. The van der Waals surface area contributed by atoms with Crippen molar-refractivity contribution >= 4 is 17.5 Å². The van der Waals surface area contributed by atoms with Gasteiger partial charge in [-0.15, -0.1) is 0 Å². The Hall–Kier alpha value is -2.05. The lowest BCUT2D eigenvalue weighted by Crippen LogP contribution is -2.29. The van der Waals surface area contributed by atoms with E-state index in [1.807, 2.05) is 0 Å². The number of hydrogen-bond donors (Lipinski definition) is 3. The summed E-state index contributed by atoms with van der Waals surface area (Å²) in [6.45, 7) is 0.0496. The predicted molar refractivity (Wildman–Crippen MR) is 56.3 cm³/mol. The molecule has 16 heavy (non-hydrogen) atoms. The first-order valence-corrected chi connectivity index (χ1v) is 4.98. The number of hydrogen-bond acceptors (Lipinski definition) is 4. The van der Waals surface area contributed by atoms with Gasteiger partial charge in [0.2, 0.25) is 5.91 Å². The van der Waals surface area contributed by atoms with Crippen LogP contribution >= 0.6 is 0 Å². The Bertz CT molecular complexity index is 435. The van der Waals surface area contributed by atoms with Crippen molar-refractivity contribution in [3.8, 4) is 0 Å². The third-order valence-electron chi connectivity index (χ3n) is 2.27. The van der Waals surface area contributed by atoms with E-state index in [-0.39, 0.29) is 23.8 Å². The molecule has 7 nitrogen and oxygen atoms in total. The average molecular weight is 223 g/mol. The van der Waals surface area contributed by atoms with E-state index in [0.717, 1.165) is 12.8 Å². The fraction of sp³-hybridized carbons (Fsp3) is 0.444. The molecule has 1 saturated carbocycles. The topological polar surface area (TPSA) is 116 Å². The molecule has 1 heterocycles. The molecule has 0 atom stereocenters. The highest BCUT2D eigenvalue weighted by Gasteiger charge is 2.23. The summed E-state index contributed by atoms with van der Waals surface area (Å²) >= 11 is 0. The summed E-state index contributed by atoms with van der Waals surface area (Å²) in [5.74, 6) is -0.833. The Morgan fingerprint density at radius 2 is 2.25 bits per heavy atom. The lowest BCUT2D eigenvalue weighted by Gasteiger charge is -2.02. The molecule has 86 valence electrons. The molecule has 0 bridgehead atoms. The van der Waals surface area contributed by atoms with E-state index in [2.05, 4.69) is 10.4 Å². The van der Waals surface area contributed by atoms with Crippen molar-refractivity contribution in [1.29, 1.82) is 0 Å². The van der Waals surface area contributed by atoms with E-state index in [9.17, 15) is 9.59 Å². The van der Waals surface area contributed by atoms with Crippen LogP contribution in [0, 0.1) is 0 Å². The summed E-state index contributed by atoms with van der Waals surface area (Å²) in [6.07, 6.45) is 3.48. The maximum Gasteiger partial charge on any atom is 0.271 e. The number of rotatable bonds is 4. The fourth-order valence-electron chi connectivity index (χ4n) is 1.36. The number of carbonyl (C=O) groups is 2. The van der Waals surface area contributed by atoms with Crippen LogP contribution in [0.5, 0.6) is 0 Å². The van der Waals surface area contributed by atoms with Gasteiger partial charge in [-0.1, -0.05) is 0 Å². The van der Waals surface area contributed by atoms with Crippen LogP contribution in [0.2, 0.25) is 0 Å². The Morgan fingerprint density at radius 1 is 1.56 bits per heavy atom. The van der Waals surface area contributed by atoms with E-state index in [1.54, 1.807) is 0 Å². The van der Waals surface area contributed by atoms with Gasteiger partial charge in [0, 0.05) is 12.2 Å². The van der Waals surface area contributed by atoms with Gasteiger partial charge in [-0.25, -0.2) is 0 Å². The molecular weight excluding hydrogens is 210 g/mol. The second kappa shape index (κ2) is 3.84. The van der Waals surface area contributed by atoms with Crippen LogP contribution in [0.3, 0.4) is 0 Å². The second-order valence-corrected chi connectivity index (χ2v) is 3.84. The molecule has 0 saturated heterocycles. The minimum Gasteiger partial charge on any atom is -0.396 e. The molecule has 0 aliphatic heterocycles. The van der Waals surface area contributed by atoms with Gasteiger partial charge in [0.25, 0.3) is 5.91 Å². The zero-order valence-electron chi connectivity index (χ0n) is 8.64. The molecule has 7 heteroatoms. The van der Waals surface area contributed by atoms with Crippen molar-refractivity contribution < 1.29 is 9.59 Å². The Morgan fingerprint density at radius 3 is 2.75 bits per heavy atom. The predicted octanol–water partition coefficient (Wildman–Crippen LogP) is -1.16. The van der Waals surface area contributed by atoms with Crippen molar-refractivity contribution in [2.75, 3.05) is 5.73 Å². The number of nitrogens with zero attached hydrogens (tertiary/aromatic N) is 2. The van der Waals surface area contributed by atoms with E-state index < -0.39 is 5.91 Å². The van der Waals surface area contributed by atoms with Gasteiger partial charge >= 0.3 is 0 Å². The quantitative estimate of drug-likeness (QED) is 0.597. The standard InChI is InChI=1S/C9H13N5O2/c10-6-3-14(13-8(6)9(11)16)4-7(15)12-5-1-2-5/h3,5H,1-2,4,10H2,(H2,11,16)(H,12,15). The van der Waals surface area contributed by atoms with Crippen LogP contribution in [0.25, 0.3) is 0 Å². The third kappa shape index (κ3) is 2.30. The van der Waals surface area contributed by atoms with E-state index in [4.69, 9.17) is 11.5 Å². The average Bonchev–Trinajstić information content (AvgIpc) is 2.89. The minimum absolute atomic E-state index is 0.000720. The fourth-order valence-corrected chi connectivity index (χ4v) is 1.36. The van der Waals surface area contributed by atoms with Gasteiger partial charge in [-0.2, -0.15) is 5.10 Å². The van der Waals surface area contributed by atoms with Gasteiger partial charge in [-0.3, -0.25) is 14.3 Å². The summed E-state index contributed by atoms with van der Waals surface area (Å²) in [5, 5.41) is 6.64. The third-order valence-corrected chi connectivity index (χ3v) is 2.27. The van der Waals surface area contributed by atoms with Crippen LogP contribution < -0.4 is 16.8 Å². The highest BCUT2D eigenvalue weighted by Crippen LogP contribution is 2.18. The normalized spacial score (nSPS) is 14.8. The first-order valence-electron chi connectivity index (χ1n) is 4.98. The first-order chi connectivity index (χ1) is 7.56. The number of amides is 2. The molecule has 5 N–H and O–H groups in total. The number of nitrogens with one attached hydrogen (secondary N) is 1. The molecule has 0 aromatic carbocycles. The number of primary amides is 1. The lowest BCUT2D eigenvalue weighted by atomic mass is 10.4. The summed E-state index contributed by atoms with van der Waals surface area (Å²) in [5.41, 5.74) is 10.8. The van der Waals surface area contributed by atoms with Crippen molar-refractivity contribution in [3.63, 3.8) is 0 Å². The summed E-state index contributed by atoms with van der Waals surface area (Å²) < 4.78 is 1.31. The number of aromatic nitrogens is 2. The van der Waals surface area contributed by atoms with E-state index in [1.165, 1.54) is 10.9 Å². The van der Waals surface area contributed by atoms with Crippen molar-refractivity contribution in [2.45, 2.75) is 25.4 Å². The lowest BCUT2D eigenvalue weighted by molar-refractivity contribution is -0.122. The molecule has 2 rings (SSSR count).